The molecule has 0 aliphatic carbocycles. The van der Waals surface area contributed by atoms with E-state index >= 15 is 0 Å². The molecular weight excluding hydrogens is 284 g/mol. The van der Waals surface area contributed by atoms with Crippen molar-refractivity contribution >= 4 is 11.9 Å². The summed E-state index contributed by atoms with van der Waals surface area (Å²) >= 11 is 0. The number of rotatable bonds is 3. The first kappa shape index (κ1) is 14.0. The molecule has 2 aromatic carbocycles. The van der Waals surface area contributed by atoms with E-state index in [1.165, 1.54) is 20.3 Å². The summed E-state index contributed by atoms with van der Waals surface area (Å²) in [5, 5.41) is 10.1. The SMILES string of the molecule is COc1cccc(/C=C2\Oc3c(OC)cccc3C2=O)c1O. The monoisotopic (exact) mass is 298 g/mol. The van der Waals surface area contributed by atoms with Gasteiger partial charge in [0.1, 0.15) is 0 Å². The standard InChI is InChI=1S/C17H14O5/c1-20-12-7-3-5-10(15(12)18)9-14-16(19)11-6-4-8-13(21-2)17(11)22-14/h3-9,18H,1-2H3/b14-9-. The lowest BCUT2D eigenvalue weighted by Crippen LogP contribution is -1.98. The topological polar surface area (TPSA) is 65.0 Å². The second-order valence-corrected chi connectivity index (χ2v) is 4.67. The normalized spacial score (nSPS) is 14.6. The van der Waals surface area contributed by atoms with Crippen LogP contribution in [0.25, 0.3) is 6.08 Å². The number of ether oxygens (including phenoxy) is 3. The van der Waals surface area contributed by atoms with Crippen LogP contribution in [0.1, 0.15) is 15.9 Å². The number of para-hydroxylation sites is 2. The molecule has 1 aliphatic heterocycles. The molecule has 3 rings (SSSR count). The zero-order valence-electron chi connectivity index (χ0n) is 12.1. The van der Waals surface area contributed by atoms with Crippen LogP contribution in [0, 0.1) is 0 Å². The van der Waals surface area contributed by atoms with Gasteiger partial charge in [-0.25, -0.2) is 0 Å². The fraction of sp³-hybridized carbons (Fsp3) is 0.118. The van der Waals surface area contributed by atoms with Crippen LogP contribution in [0.3, 0.4) is 0 Å². The van der Waals surface area contributed by atoms with Crippen molar-refractivity contribution in [3.63, 3.8) is 0 Å². The quantitative estimate of drug-likeness (QED) is 0.882. The maximum Gasteiger partial charge on any atom is 0.232 e. The maximum atomic E-state index is 12.4. The van der Waals surface area contributed by atoms with Gasteiger partial charge in [-0.05, 0) is 24.3 Å². The van der Waals surface area contributed by atoms with Crippen molar-refractivity contribution in [2.75, 3.05) is 14.2 Å². The van der Waals surface area contributed by atoms with Gasteiger partial charge in [0, 0.05) is 5.56 Å². The van der Waals surface area contributed by atoms with Gasteiger partial charge in [0.15, 0.2) is 28.8 Å². The van der Waals surface area contributed by atoms with Gasteiger partial charge in [0.25, 0.3) is 0 Å². The number of aromatic hydroxyl groups is 1. The third-order valence-corrected chi connectivity index (χ3v) is 3.42. The number of hydrogen-bond donors (Lipinski definition) is 1. The smallest absolute Gasteiger partial charge is 0.232 e. The molecule has 0 atom stereocenters. The number of phenols is 1. The Morgan fingerprint density at radius 3 is 2.45 bits per heavy atom. The van der Waals surface area contributed by atoms with Crippen molar-refractivity contribution in [1.82, 2.24) is 0 Å². The van der Waals surface area contributed by atoms with E-state index in [-0.39, 0.29) is 17.3 Å². The Balaban J connectivity index is 2.03. The minimum absolute atomic E-state index is 0.0446. The molecule has 5 heteroatoms. The number of Topliss-reactive ketones (excluding diaryl/α,β-unsaturated/α-hetero) is 1. The van der Waals surface area contributed by atoms with Gasteiger partial charge in [-0.2, -0.15) is 0 Å². The van der Waals surface area contributed by atoms with Gasteiger partial charge >= 0.3 is 0 Å². The molecule has 0 spiro atoms. The van der Waals surface area contributed by atoms with E-state index < -0.39 is 0 Å². The highest BCUT2D eigenvalue weighted by atomic mass is 16.5. The van der Waals surface area contributed by atoms with Crippen LogP contribution >= 0.6 is 0 Å². The Labute approximate surface area is 127 Å². The van der Waals surface area contributed by atoms with Crippen LogP contribution in [0.5, 0.6) is 23.0 Å². The molecule has 0 bridgehead atoms. The van der Waals surface area contributed by atoms with Crippen molar-refractivity contribution in [1.29, 1.82) is 0 Å². The predicted molar refractivity (Wildman–Crippen MR) is 80.6 cm³/mol. The van der Waals surface area contributed by atoms with Gasteiger partial charge in [-0.15, -0.1) is 0 Å². The third kappa shape index (κ3) is 2.16. The highest BCUT2D eigenvalue weighted by molar-refractivity contribution is 6.15. The summed E-state index contributed by atoms with van der Waals surface area (Å²) in [6, 6.07) is 10.1. The van der Waals surface area contributed by atoms with Gasteiger partial charge in [-0.3, -0.25) is 4.79 Å². The molecule has 1 N–H and O–H groups in total. The lowest BCUT2D eigenvalue weighted by atomic mass is 10.1. The summed E-state index contributed by atoms with van der Waals surface area (Å²) in [6.45, 7) is 0. The van der Waals surface area contributed by atoms with E-state index in [4.69, 9.17) is 14.2 Å². The van der Waals surface area contributed by atoms with Crippen molar-refractivity contribution < 1.29 is 24.1 Å². The first-order chi connectivity index (χ1) is 10.7. The Kier molecular flexibility index (Phi) is 3.47. The molecule has 0 saturated carbocycles. The molecule has 22 heavy (non-hydrogen) atoms. The van der Waals surface area contributed by atoms with Gasteiger partial charge < -0.3 is 19.3 Å². The van der Waals surface area contributed by atoms with E-state index in [1.54, 1.807) is 36.4 Å². The largest absolute Gasteiger partial charge is 0.504 e. The van der Waals surface area contributed by atoms with Crippen molar-refractivity contribution in [2.45, 2.75) is 0 Å². The van der Waals surface area contributed by atoms with Crippen molar-refractivity contribution in [2.24, 2.45) is 0 Å². The second-order valence-electron chi connectivity index (χ2n) is 4.67. The average Bonchev–Trinajstić information content (AvgIpc) is 2.86. The molecule has 1 aliphatic rings. The molecule has 0 fully saturated rings. The summed E-state index contributed by atoms with van der Waals surface area (Å²) in [7, 11) is 2.98. The summed E-state index contributed by atoms with van der Waals surface area (Å²) in [4.78, 5) is 12.4. The number of benzene rings is 2. The van der Waals surface area contributed by atoms with Gasteiger partial charge in [0.05, 0.1) is 19.8 Å². The minimum Gasteiger partial charge on any atom is -0.504 e. The number of hydrogen-bond acceptors (Lipinski definition) is 5. The summed E-state index contributed by atoms with van der Waals surface area (Å²) < 4.78 is 15.8. The molecule has 0 saturated heterocycles. The van der Waals surface area contributed by atoms with E-state index in [0.29, 0.717) is 28.4 Å². The van der Waals surface area contributed by atoms with Crippen LogP contribution < -0.4 is 14.2 Å². The number of carbonyl (C=O) groups excluding carboxylic acids is 1. The Morgan fingerprint density at radius 1 is 1.05 bits per heavy atom. The predicted octanol–water partition coefficient (Wildman–Crippen LogP) is 3.03. The fourth-order valence-corrected chi connectivity index (χ4v) is 2.31. The number of carbonyl (C=O) groups is 1. The molecule has 1 heterocycles. The van der Waals surface area contributed by atoms with Crippen molar-refractivity contribution in [3.05, 3.63) is 53.3 Å². The lowest BCUT2D eigenvalue weighted by Gasteiger charge is -2.06. The number of ketones is 1. The molecule has 0 amide bonds. The number of methoxy groups -OCH3 is 2. The van der Waals surface area contributed by atoms with Crippen LogP contribution in [-0.4, -0.2) is 25.1 Å². The van der Waals surface area contributed by atoms with Crippen LogP contribution in [0.2, 0.25) is 0 Å². The zero-order valence-corrected chi connectivity index (χ0v) is 12.1. The molecule has 5 nitrogen and oxygen atoms in total. The zero-order chi connectivity index (χ0) is 15.7. The van der Waals surface area contributed by atoms with Crippen LogP contribution in [-0.2, 0) is 0 Å². The van der Waals surface area contributed by atoms with Crippen LogP contribution in [0.15, 0.2) is 42.2 Å². The lowest BCUT2D eigenvalue weighted by molar-refractivity contribution is 0.101. The summed E-state index contributed by atoms with van der Waals surface area (Å²) in [5.74, 6) is 1.04. The summed E-state index contributed by atoms with van der Waals surface area (Å²) in [5.41, 5.74) is 0.877. The van der Waals surface area contributed by atoms with E-state index in [2.05, 4.69) is 0 Å². The first-order valence-electron chi connectivity index (χ1n) is 6.63. The van der Waals surface area contributed by atoms with Crippen molar-refractivity contribution in [3.8, 4) is 23.0 Å². The molecule has 2 aromatic rings. The molecule has 0 unspecified atom stereocenters. The Morgan fingerprint density at radius 2 is 1.73 bits per heavy atom. The van der Waals surface area contributed by atoms with E-state index in [0.717, 1.165) is 0 Å². The second kappa shape index (κ2) is 5.44. The highest BCUT2D eigenvalue weighted by Gasteiger charge is 2.30. The Hall–Kier alpha value is -2.95. The molecule has 0 aromatic heterocycles. The maximum absolute atomic E-state index is 12.4. The third-order valence-electron chi connectivity index (χ3n) is 3.42. The number of fused-ring (bicyclic) bond motifs is 1. The van der Waals surface area contributed by atoms with E-state index in [9.17, 15) is 9.90 Å². The first-order valence-corrected chi connectivity index (χ1v) is 6.63. The van der Waals surface area contributed by atoms with Gasteiger partial charge in [-0.1, -0.05) is 18.2 Å². The summed E-state index contributed by atoms with van der Waals surface area (Å²) in [6.07, 6.45) is 1.49. The number of allylic oxidation sites excluding steroid dienone is 1. The molecular formula is C17H14O5. The average molecular weight is 298 g/mol. The highest BCUT2D eigenvalue weighted by Crippen LogP contribution is 2.40. The minimum atomic E-state index is -0.254. The molecule has 112 valence electrons. The number of phenolic OH excluding ortho intramolecular Hbond substituents is 1. The van der Waals surface area contributed by atoms with E-state index in [1.807, 2.05) is 0 Å². The van der Waals surface area contributed by atoms with Gasteiger partial charge in [0.2, 0.25) is 5.78 Å². The Bertz CT molecular complexity index is 777. The fourth-order valence-electron chi connectivity index (χ4n) is 2.31. The van der Waals surface area contributed by atoms with Crippen LogP contribution in [0.4, 0.5) is 0 Å². The molecule has 0 radical (unpaired) electrons.